The lowest BCUT2D eigenvalue weighted by molar-refractivity contribution is -0.368. The monoisotopic (exact) mass is 1030 g/mol. The zero-order valence-electron chi connectivity index (χ0n) is 42.3. The summed E-state index contributed by atoms with van der Waals surface area (Å²) in [4.78, 5) is 62.6. The van der Waals surface area contributed by atoms with E-state index in [0.717, 1.165) is 48.6 Å². The number of allylic oxidation sites excluding steroid dienone is 1. The molecule has 0 fully saturated rings. The highest BCUT2D eigenvalue weighted by atomic mass is 16.7. The van der Waals surface area contributed by atoms with Crippen molar-refractivity contribution >= 4 is 41.6 Å². The summed E-state index contributed by atoms with van der Waals surface area (Å²) in [6.07, 6.45) is 7.91. The molecule has 0 saturated carbocycles. The van der Waals surface area contributed by atoms with E-state index in [2.05, 4.69) is 20.6 Å². The second-order valence-electron chi connectivity index (χ2n) is 15.3. The van der Waals surface area contributed by atoms with Gasteiger partial charge in [-0.05, 0) is 38.7 Å². The van der Waals surface area contributed by atoms with Crippen molar-refractivity contribution in [1.82, 2.24) is 15.7 Å². The molecule has 0 aromatic carbocycles. The number of nitrogens with one attached hydrogen (secondary N) is 2. The number of hydroxylamine groups is 2. The highest BCUT2D eigenvalue weighted by Crippen LogP contribution is 2.17. The van der Waals surface area contributed by atoms with E-state index in [-0.39, 0.29) is 31.4 Å². The molecule has 0 saturated heterocycles. The molecule has 2 aliphatic heterocycles. The van der Waals surface area contributed by atoms with Crippen LogP contribution in [0.2, 0.25) is 0 Å². The maximum absolute atomic E-state index is 13.1. The van der Waals surface area contributed by atoms with E-state index in [1.807, 2.05) is 13.8 Å². The quantitative estimate of drug-likeness (QED) is 0.0173. The topological polar surface area (TPSA) is 306 Å². The Hall–Kier alpha value is -4.61. The van der Waals surface area contributed by atoms with Crippen molar-refractivity contribution < 1.29 is 85.8 Å². The predicted octanol–water partition coefficient (Wildman–Crippen LogP) is -0.218. The minimum absolute atomic E-state index is 0.120. The number of carbonyl (C=O) groups excluding carboxylic acids is 4. The predicted molar refractivity (Wildman–Crippen MR) is 263 cm³/mol. The van der Waals surface area contributed by atoms with E-state index in [1.54, 1.807) is 6.08 Å². The van der Waals surface area contributed by atoms with Crippen molar-refractivity contribution in [3.05, 3.63) is 35.7 Å². The van der Waals surface area contributed by atoms with Gasteiger partial charge in [-0.15, -0.1) is 0 Å². The fraction of sp³-hybridized carbons (Fsp3) is 0.723. The molecule has 72 heavy (non-hydrogen) atoms. The molecule has 2 heterocycles. The number of nitrogens with two attached hydrogens (primary N) is 2. The van der Waals surface area contributed by atoms with Crippen LogP contribution in [0.1, 0.15) is 46.0 Å². The molecule has 0 aliphatic carbocycles. The van der Waals surface area contributed by atoms with Crippen LogP contribution in [0, 0.1) is 0 Å². The number of amidine groups is 1. The summed E-state index contributed by atoms with van der Waals surface area (Å²) in [7, 11) is 0. The zero-order valence-corrected chi connectivity index (χ0v) is 42.3. The van der Waals surface area contributed by atoms with Crippen LogP contribution in [0.4, 0.5) is 4.79 Å². The summed E-state index contributed by atoms with van der Waals surface area (Å²) >= 11 is 0. The summed E-state index contributed by atoms with van der Waals surface area (Å²) in [6.45, 7) is 14.2. The number of aliphatic imine (C=N–C) groups is 2. The molecule has 410 valence electrons. The molecule has 25 nitrogen and oxygen atoms in total. The molecule has 4 amide bonds. The number of unbranched alkanes of at least 4 members (excludes halogenated alkanes) is 2. The number of carbonyl (C=O) groups is 4. The summed E-state index contributed by atoms with van der Waals surface area (Å²) in [6, 6.07) is 0. The Labute approximate surface area is 423 Å². The summed E-state index contributed by atoms with van der Waals surface area (Å²) < 4.78 is 60.7. The minimum atomic E-state index is -1.15. The van der Waals surface area contributed by atoms with Crippen molar-refractivity contribution in [1.29, 1.82) is 0 Å². The number of hydrogen-bond donors (Lipinski definition) is 5. The second kappa shape index (κ2) is 43.9. The molecule has 0 radical (unpaired) electrons. The first-order chi connectivity index (χ1) is 35.2. The lowest BCUT2D eigenvalue weighted by Gasteiger charge is -2.21. The van der Waals surface area contributed by atoms with Crippen LogP contribution in [0.3, 0.4) is 0 Å². The molecule has 0 aromatic heterocycles. The van der Waals surface area contributed by atoms with Gasteiger partial charge in [-0.25, -0.2) is 24.4 Å². The largest absolute Gasteiger partial charge is 0.447 e. The Kier molecular flexibility index (Phi) is 38.7. The van der Waals surface area contributed by atoms with Gasteiger partial charge in [-0.1, -0.05) is 11.5 Å². The Morgan fingerprint density at radius 2 is 1.19 bits per heavy atom. The van der Waals surface area contributed by atoms with Crippen LogP contribution in [-0.4, -0.2) is 234 Å². The van der Waals surface area contributed by atoms with E-state index in [1.165, 1.54) is 11.3 Å². The summed E-state index contributed by atoms with van der Waals surface area (Å²) in [5.74, 6) is -1.01. The van der Waals surface area contributed by atoms with Crippen LogP contribution in [-0.2, 0) is 71.3 Å². The molecule has 2 aliphatic rings. The van der Waals surface area contributed by atoms with Gasteiger partial charge < -0.3 is 74.0 Å². The minimum Gasteiger partial charge on any atom is -0.447 e. The highest BCUT2D eigenvalue weighted by Gasteiger charge is 2.30. The van der Waals surface area contributed by atoms with Gasteiger partial charge in [-0.3, -0.25) is 19.9 Å². The van der Waals surface area contributed by atoms with Gasteiger partial charge in [0.1, 0.15) is 18.1 Å². The number of aliphatic hydroxyl groups excluding tert-OH is 1. The fourth-order valence-corrected chi connectivity index (χ4v) is 6.03. The average Bonchev–Trinajstić information content (AvgIpc) is 3.58. The summed E-state index contributed by atoms with van der Waals surface area (Å²) in [5, 5.41) is 16.6. The molecular formula is C47H81N8O17+. The fourth-order valence-electron chi connectivity index (χ4n) is 6.03. The third-order valence-corrected chi connectivity index (χ3v) is 9.51. The van der Waals surface area contributed by atoms with Crippen LogP contribution >= 0.6 is 0 Å². The Morgan fingerprint density at radius 1 is 0.722 bits per heavy atom. The maximum Gasteiger partial charge on any atom is 0.420 e. The van der Waals surface area contributed by atoms with E-state index in [4.69, 9.17) is 68.4 Å². The molecule has 0 spiro atoms. The van der Waals surface area contributed by atoms with Gasteiger partial charge >= 0.3 is 17.9 Å². The van der Waals surface area contributed by atoms with Gasteiger partial charge in [0.2, 0.25) is 6.21 Å². The van der Waals surface area contributed by atoms with Crippen molar-refractivity contribution in [2.45, 2.75) is 52.2 Å². The maximum atomic E-state index is 13.1. The normalized spacial score (nSPS) is 15.3. The Balaban J connectivity index is 1.26. The highest BCUT2D eigenvalue weighted by molar-refractivity contribution is 6.16. The first kappa shape index (κ1) is 63.5. The molecule has 0 bridgehead atoms. The molecule has 1 unspecified atom stereocenters. The SMILES string of the molecule is CCCN(OCC)C(=O)C1=CC(=NCCCCCNC(=O)OCCOCCOCCOCCOCCOCCOCCOCCOCCOCCOCCNC(O)C=[N+]2C(=O)C=CC2=O)/C(=C\N)N=C(N)C1. The van der Waals surface area contributed by atoms with Gasteiger partial charge in [0.15, 0.2) is 6.23 Å². The Bertz CT molecular complexity index is 1670. The molecule has 7 N–H and O–H groups in total. The number of amides is 4. The van der Waals surface area contributed by atoms with Gasteiger partial charge in [0.05, 0.1) is 157 Å². The number of hydrogen-bond acceptors (Lipinski definition) is 22. The van der Waals surface area contributed by atoms with Gasteiger partial charge in [0.25, 0.3) is 5.91 Å². The number of nitrogens with zero attached hydrogens (tertiary/aromatic N) is 4. The standard InChI is InChI=1S/C47H80N8O17/c1-3-13-55(72-4-2)46(59)39-35-40(41(37-48)53-42(49)36-39)50-10-6-5-7-11-52-47(60)71-34-33-70-32-31-69-30-29-68-28-27-67-26-25-66-24-23-65-22-21-64-20-19-63-18-17-62-16-15-61-14-12-51-43(56)38-54-44(57)8-9-45(54)58/h8-9,35,37-38,43,51,56H,3-7,10-34,36H2,1-2H3,(H4-,48,49,50,52,53,57,58,59,60)/p+1. The number of imide groups is 1. The van der Waals surface area contributed by atoms with Crippen LogP contribution in [0.15, 0.2) is 45.7 Å². The number of aliphatic hydroxyl groups is 1. The second-order valence-corrected chi connectivity index (χ2v) is 15.3. The lowest BCUT2D eigenvalue weighted by atomic mass is 10.1. The first-order valence-corrected chi connectivity index (χ1v) is 24.6. The molecule has 25 heteroatoms. The first-order valence-electron chi connectivity index (χ1n) is 24.6. The smallest absolute Gasteiger partial charge is 0.420 e. The number of ether oxygens (including phenoxy) is 11. The third kappa shape index (κ3) is 32.5. The van der Waals surface area contributed by atoms with Crippen molar-refractivity contribution in [3.8, 4) is 0 Å². The number of alkyl carbamates (subject to hydrolysis) is 1. The average molecular weight is 1030 g/mol. The van der Waals surface area contributed by atoms with Crippen molar-refractivity contribution in [2.24, 2.45) is 21.5 Å². The lowest BCUT2D eigenvalue weighted by Crippen LogP contribution is -2.37. The molecule has 1 atom stereocenters. The van der Waals surface area contributed by atoms with E-state index in [0.29, 0.717) is 175 Å². The summed E-state index contributed by atoms with van der Waals surface area (Å²) in [5.41, 5.74) is 13.2. The zero-order chi connectivity index (χ0) is 52.1. The van der Waals surface area contributed by atoms with Crippen LogP contribution in [0.25, 0.3) is 0 Å². The Morgan fingerprint density at radius 3 is 1.65 bits per heavy atom. The molecule has 0 aromatic rings. The van der Waals surface area contributed by atoms with Crippen molar-refractivity contribution in [3.63, 3.8) is 0 Å². The molecular weight excluding hydrogens is 949 g/mol. The van der Waals surface area contributed by atoms with E-state index < -0.39 is 24.1 Å². The van der Waals surface area contributed by atoms with Gasteiger partial charge in [0, 0.05) is 44.4 Å². The van der Waals surface area contributed by atoms with Gasteiger partial charge in [-0.2, -0.15) is 0 Å². The van der Waals surface area contributed by atoms with Crippen LogP contribution < -0.4 is 22.1 Å². The van der Waals surface area contributed by atoms with E-state index in [9.17, 15) is 24.3 Å². The number of rotatable bonds is 46. The molecule has 2 rings (SSSR count). The van der Waals surface area contributed by atoms with E-state index >= 15 is 0 Å². The van der Waals surface area contributed by atoms with Crippen LogP contribution in [0.5, 0.6) is 0 Å². The van der Waals surface area contributed by atoms with Crippen molar-refractivity contribution in [2.75, 3.05) is 172 Å². The third-order valence-electron chi connectivity index (χ3n) is 9.51.